The summed E-state index contributed by atoms with van der Waals surface area (Å²) < 4.78 is 0. The molecule has 28 heavy (non-hydrogen) atoms. The van der Waals surface area contributed by atoms with E-state index in [-0.39, 0.29) is 16.7 Å². The minimum absolute atomic E-state index is 0.220. The fraction of sp³-hybridized carbons (Fsp3) is 0.739. The van der Waals surface area contributed by atoms with Crippen molar-refractivity contribution < 1.29 is 4.92 Å². The first-order valence-corrected chi connectivity index (χ1v) is 11.3. The van der Waals surface area contributed by atoms with E-state index in [1.54, 1.807) is 6.07 Å². The van der Waals surface area contributed by atoms with Gasteiger partial charge in [0.1, 0.15) is 5.69 Å². The Hall–Kier alpha value is -1.78. The lowest BCUT2D eigenvalue weighted by atomic mass is 9.48. The van der Waals surface area contributed by atoms with E-state index in [1.165, 1.54) is 57.8 Å². The first-order chi connectivity index (χ1) is 13.5. The van der Waals surface area contributed by atoms with Crippen molar-refractivity contribution >= 4 is 17.1 Å². The molecule has 152 valence electrons. The molecule has 0 unspecified atom stereocenters. The van der Waals surface area contributed by atoms with Crippen molar-refractivity contribution in [1.29, 1.82) is 0 Å². The van der Waals surface area contributed by atoms with Crippen LogP contribution in [-0.2, 0) is 0 Å². The van der Waals surface area contributed by atoms with E-state index in [1.807, 2.05) is 12.1 Å². The van der Waals surface area contributed by atoms with Crippen LogP contribution >= 0.6 is 0 Å². The summed E-state index contributed by atoms with van der Waals surface area (Å²) in [7, 11) is 0. The molecule has 0 amide bonds. The Kier molecular flexibility index (Phi) is 4.52. The smallest absolute Gasteiger partial charge is 0.292 e. The van der Waals surface area contributed by atoms with Crippen molar-refractivity contribution in [2.75, 3.05) is 23.3 Å². The van der Waals surface area contributed by atoms with E-state index < -0.39 is 0 Å². The highest BCUT2D eigenvalue weighted by atomic mass is 16.6. The minimum Gasteiger partial charge on any atom is -0.376 e. The van der Waals surface area contributed by atoms with Gasteiger partial charge in [0.25, 0.3) is 5.69 Å². The van der Waals surface area contributed by atoms with Gasteiger partial charge in [-0.3, -0.25) is 10.1 Å². The number of benzene rings is 1. The molecule has 6 rings (SSSR count). The molecular formula is C23H33N3O2. The molecule has 5 aliphatic rings. The van der Waals surface area contributed by atoms with Crippen LogP contribution in [0.3, 0.4) is 0 Å². The monoisotopic (exact) mass is 383 g/mol. The molecule has 1 aromatic carbocycles. The summed E-state index contributed by atoms with van der Waals surface area (Å²) in [5.74, 6) is 2.68. The van der Waals surface area contributed by atoms with Gasteiger partial charge < -0.3 is 10.2 Å². The second kappa shape index (κ2) is 6.93. The highest BCUT2D eigenvalue weighted by molar-refractivity contribution is 5.69. The Morgan fingerprint density at radius 2 is 1.68 bits per heavy atom. The zero-order valence-corrected chi connectivity index (χ0v) is 17.0. The SMILES string of the molecule is C[C@@H](Nc1cc(N2CCCCC2)ccc1[N+](=O)[O-])C12CC3CC(CC(C3)C1)C2. The van der Waals surface area contributed by atoms with Crippen molar-refractivity contribution in [1.82, 2.24) is 0 Å². The van der Waals surface area contributed by atoms with Crippen LogP contribution in [0.5, 0.6) is 0 Å². The van der Waals surface area contributed by atoms with E-state index in [0.29, 0.717) is 5.41 Å². The standard InChI is InChI=1S/C23H33N3O2/c1-16(23-13-17-9-18(14-23)11-19(10-17)15-23)24-21-12-20(5-6-22(21)26(27)28)25-7-3-2-4-8-25/h5-6,12,16-19,24H,2-4,7-11,13-15H2,1H3/t16-,17?,18?,19?,23?/m1/s1. The van der Waals surface area contributed by atoms with Crippen LogP contribution in [0.25, 0.3) is 0 Å². The Morgan fingerprint density at radius 1 is 1.07 bits per heavy atom. The number of hydrogen-bond donors (Lipinski definition) is 1. The van der Waals surface area contributed by atoms with Crippen molar-refractivity contribution in [3.63, 3.8) is 0 Å². The number of hydrogen-bond acceptors (Lipinski definition) is 4. The molecule has 1 aliphatic heterocycles. The average molecular weight is 384 g/mol. The van der Waals surface area contributed by atoms with Crippen molar-refractivity contribution in [3.05, 3.63) is 28.3 Å². The van der Waals surface area contributed by atoms with E-state index in [0.717, 1.165) is 42.2 Å². The molecule has 4 aliphatic carbocycles. The van der Waals surface area contributed by atoms with E-state index in [4.69, 9.17) is 0 Å². The molecule has 1 atom stereocenters. The van der Waals surface area contributed by atoms with E-state index in [2.05, 4.69) is 17.1 Å². The van der Waals surface area contributed by atoms with Crippen molar-refractivity contribution in [2.24, 2.45) is 23.2 Å². The number of piperidine rings is 1. The van der Waals surface area contributed by atoms with Gasteiger partial charge in [0.15, 0.2) is 0 Å². The number of anilines is 2. The molecule has 1 aromatic rings. The molecule has 5 nitrogen and oxygen atoms in total. The van der Waals surface area contributed by atoms with Gasteiger partial charge >= 0.3 is 0 Å². The molecule has 5 fully saturated rings. The number of nitrogens with zero attached hydrogens (tertiary/aromatic N) is 2. The van der Waals surface area contributed by atoms with E-state index >= 15 is 0 Å². The first kappa shape index (κ1) is 18.3. The molecular weight excluding hydrogens is 350 g/mol. The Balaban J connectivity index is 1.41. The number of nitro benzene ring substituents is 1. The molecule has 0 radical (unpaired) electrons. The maximum Gasteiger partial charge on any atom is 0.292 e. The predicted octanol–water partition coefficient (Wildman–Crippen LogP) is 5.60. The Morgan fingerprint density at radius 3 is 2.25 bits per heavy atom. The molecule has 4 saturated carbocycles. The minimum atomic E-state index is -0.227. The Bertz CT molecular complexity index is 721. The van der Waals surface area contributed by atoms with Gasteiger partial charge in [0, 0.05) is 30.9 Å². The summed E-state index contributed by atoms with van der Waals surface area (Å²) in [4.78, 5) is 13.8. The molecule has 1 N–H and O–H groups in total. The Labute approximate surface area is 168 Å². The van der Waals surface area contributed by atoms with Gasteiger partial charge in [-0.2, -0.15) is 0 Å². The quantitative estimate of drug-likeness (QED) is 0.531. The van der Waals surface area contributed by atoms with Crippen LogP contribution in [0.1, 0.15) is 64.7 Å². The van der Waals surface area contributed by atoms with Gasteiger partial charge in [0.05, 0.1) is 4.92 Å². The van der Waals surface area contributed by atoms with Crippen molar-refractivity contribution in [2.45, 2.75) is 70.8 Å². The highest BCUT2D eigenvalue weighted by Crippen LogP contribution is 2.61. The normalized spacial score (nSPS) is 35.0. The summed E-state index contributed by atoms with van der Waals surface area (Å²) in [5, 5.41) is 15.4. The summed E-state index contributed by atoms with van der Waals surface area (Å²) in [6, 6.07) is 5.97. The molecule has 0 spiro atoms. The van der Waals surface area contributed by atoms with Gasteiger partial charge in [0.2, 0.25) is 0 Å². The van der Waals surface area contributed by atoms with Crippen LogP contribution in [-0.4, -0.2) is 24.1 Å². The third-order valence-corrected chi connectivity index (χ3v) is 8.27. The van der Waals surface area contributed by atoms with Crippen LogP contribution in [0.2, 0.25) is 0 Å². The van der Waals surface area contributed by atoms with E-state index in [9.17, 15) is 10.1 Å². The maximum atomic E-state index is 11.7. The van der Waals surface area contributed by atoms with Crippen LogP contribution in [0.15, 0.2) is 18.2 Å². The zero-order valence-electron chi connectivity index (χ0n) is 17.0. The van der Waals surface area contributed by atoms with Crippen LogP contribution in [0, 0.1) is 33.3 Å². The average Bonchev–Trinajstić information content (AvgIpc) is 2.67. The third kappa shape index (κ3) is 3.17. The van der Waals surface area contributed by atoms with Gasteiger partial charge in [-0.15, -0.1) is 0 Å². The summed E-state index contributed by atoms with van der Waals surface area (Å²) >= 11 is 0. The summed E-state index contributed by atoms with van der Waals surface area (Å²) in [5.41, 5.74) is 2.41. The lowest BCUT2D eigenvalue weighted by Gasteiger charge is -2.59. The highest BCUT2D eigenvalue weighted by Gasteiger charge is 2.53. The van der Waals surface area contributed by atoms with Gasteiger partial charge in [-0.1, -0.05) is 0 Å². The molecule has 5 heteroatoms. The first-order valence-electron chi connectivity index (χ1n) is 11.3. The molecule has 0 aromatic heterocycles. The molecule has 1 saturated heterocycles. The zero-order chi connectivity index (χ0) is 19.3. The largest absolute Gasteiger partial charge is 0.376 e. The lowest BCUT2D eigenvalue weighted by molar-refractivity contribution is -0.384. The topological polar surface area (TPSA) is 58.4 Å². The second-order valence-corrected chi connectivity index (χ2v) is 10.2. The lowest BCUT2D eigenvalue weighted by Crippen LogP contribution is -2.52. The fourth-order valence-electron chi connectivity index (χ4n) is 7.24. The van der Waals surface area contributed by atoms with Crippen molar-refractivity contribution in [3.8, 4) is 0 Å². The maximum absolute atomic E-state index is 11.7. The van der Waals surface area contributed by atoms with Gasteiger partial charge in [-0.25, -0.2) is 0 Å². The molecule has 1 heterocycles. The number of nitrogens with one attached hydrogen (secondary N) is 1. The number of rotatable bonds is 5. The summed E-state index contributed by atoms with van der Waals surface area (Å²) in [6.07, 6.45) is 11.9. The number of nitro groups is 1. The second-order valence-electron chi connectivity index (χ2n) is 10.2. The fourth-order valence-corrected chi connectivity index (χ4v) is 7.24. The van der Waals surface area contributed by atoms with Gasteiger partial charge in [-0.05, 0) is 100 Å². The molecule has 4 bridgehead atoms. The van der Waals surface area contributed by atoms with Crippen LogP contribution in [0.4, 0.5) is 17.1 Å². The summed E-state index contributed by atoms with van der Waals surface area (Å²) in [6.45, 7) is 4.40. The third-order valence-electron chi connectivity index (χ3n) is 8.27. The van der Waals surface area contributed by atoms with Crippen LogP contribution < -0.4 is 10.2 Å². The predicted molar refractivity (Wildman–Crippen MR) is 113 cm³/mol.